The first kappa shape index (κ1) is 21.0. The highest BCUT2D eigenvalue weighted by Gasteiger charge is 2.14. The van der Waals surface area contributed by atoms with Gasteiger partial charge in [0.1, 0.15) is 0 Å². The van der Waals surface area contributed by atoms with E-state index in [0.717, 1.165) is 17.5 Å². The molecule has 0 aliphatic heterocycles. The summed E-state index contributed by atoms with van der Waals surface area (Å²) in [6.07, 6.45) is 0.729. The van der Waals surface area contributed by atoms with Gasteiger partial charge >= 0.3 is 0 Å². The van der Waals surface area contributed by atoms with Gasteiger partial charge in [-0.2, -0.15) is 4.98 Å². The minimum Gasteiger partial charge on any atom is -0.352 e. The van der Waals surface area contributed by atoms with E-state index in [1.54, 1.807) is 55.5 Å². The molecule has 2 amide bonds. The lowest BCUT2D eigenvalue weighted by Gasteiger charge is -2.12. The number of amides is 2. The topological polar surface area (TPSA) is 97.1 Å². The van der Waals surface area contributed by atoms with E-state index in [4.69, 9.17) is 4.52 Å². The summed E-state index contributed by atoms with van der Waals surface area (Å²) < 4.78 is 5.14. The Balaban J connectivity index is 1.40. The van der Waals surface area contributed by atoms with Crippen LogP contribution in [0, 0.1) is 6.92 Å². The van der Waals surface area contributed by atoms with Gasteiger partial charge in [0.15, 0.2) is 5.82 Å². The number of nitrogens with one attached hydrogen (secondary N) is 2. The van der Waals surface area contributed by atoms with Crippen molar-refractivity contribution in [3.05, 3.63) is 101 Å². The van der Waals surface area contributed by atoms with Crippen LogP contribution in [0.1, 0.15) is 32.1 Å². The zero-order valence-electron chi connectivity index (χ0n) is 17.5. The highest BCUT2D eigenvalue weighted by molar-refractivity contribution is 6.09. The van der Waals surface area contributed by atoms with Crippen LogP contribution in [0.4, 0.5) is 5.69 Å². The molecule has 0 aliphatic rings. The molecule has 32 heavy (non-hydrogen) atoms. The third-order valence-electron chi connectivity index (χ3n) is 4.88. The van der Waals surface area contributed by atoms with Gasteiger partial charge in [0.05, 0.1) is 11.3 Å². The number of carbonyl (C=O) groups is 2. The first-order chi connectivity index (χ1) is 15.6. The van der Waals surface area contributed by atoms with Gasteiger partial charge in [-0.15, -0.1) is 0 Å². The van der Waals surface area contributed by atoms with Crippen molar-refractivity contribution in [2.45, 2.75) is 13.3 Å². The lowest BCUT2D eigenvalue weighted by atomic mass is 10.1. The third kappa shape index (κ3) is 5.07. The van der Waals surface area contributed by atoms with Crippen LogP contribution >= 0.6 is 0 Å². The van der Waals surface area contributed by atoms with E-state index in [0.29, 0.717) is 35.1 Å². The van der Waals surface area contributed by atoms with Gasteiger partial charge in [-0.1, -0.05) is 47.6 Å². The Morgan fingerprint density at radius 3 is 2.31 bits per heavy atom. The number of nitrogens with zero attached hydrogens (tertiary/aromatic N) is 2. The molecule has 0 radical (unpaired) electrons. The largest absolute Gasteiger partial charge is 0.352 e. The second-order valence-electron chi connectivity index (χ2n) is 7.22. The molecule has 1 aromatic heterocycles. The summed E-state index contributed by atoms with van der Waals surface area (Å²) in [5.74, 6) is 0.384. The average Bonchev–Trinajstić information content (AvgIpc) is 3.26. The standard InChI is InChI=1S/C25H22N4O3/c1-17-27-25(32-29-17)20-13-11-19(12-14-20)23(30)28-22-10-6-5-9-21(22)24(31)26-16-15-18-7-3-2-4-8-18/h2-14H,15-16H2,1H3,(H,26,31)(H,28,30). The van der Waals surface area contributed by atoms with E-state index < -0.39 is 0 Å². The van der Waals surface area contributed by atoms with Gasteiger partial charge in [-0.25, -0.2) is 0 Å². The third-order valence-corrected chi connectivity index (χ3v) is 4.88. The minimum absolute atomic E-state index is 0.237. The number of aromatic nitrogens is 2. The Kier molecular flexibility index (Phi) is 6.36. The van der Waals surface area contributed by atoms with Crippen LogP contribution in [0.5, 0.6) is 0 Å². The van der Waals surface area contributed by atoms with Crippen LogP contribution < -0.4 is 10.6 Å². The van der Waals surface area contributed by atoms with Crippen molar-refractivity contribution in [2.75, 3.05) is 11.9 Å². The molecular weight excluding hydrogens is 404 g/mol. The fourth-order valence-electron chi connectivity index (χ4n) is 3.22. The van der Waals surface area contributed by atoms with Crippen LogP contribution in [0.25, 0.3) is 11.5 Å². The maximum atomic E-state index is 12.7. The summed E-state index contributed by atoms with van der Waals surface area (Å²) >= 11 is 0. The fraction of sp³-hybridized carbons (Fsp3) is 0.120. The number of carbonyl (C=O) groups excluding carboxylic acids is 2. The maximum absolute atomic E-state index is 12.7. The van der Waals surface area contributed by atoms with E-state index in [2.05, 4.69) is 20.8 Å². The summed E-state index contributed by atoms with van der Waals surface area (Å²) in [4.78, 5) is 29.6. The number of hydrogen-bond acceptors (Lipinski definition) is 5. The van der Waals surface area contributed by atoms with Gasteiger partial charge in [-0.05, 0) is 55.3 Å². The molecule has 0 aliphatic carbocycles. The van der Waals surface area contributed by atoms with Crippen molar-refractivity contribution >= 4 is 17.5 Å². The lowest BCUT2D eigenvalue weighted by molar-refractivity contribution is 0.0955. The average molecular weight is 426 g/mol. The number of aryl methyl sites for hydroxylation is 1. The van der Waals surface area contributed by atoms with Gasteiger partial charge < -0.3 is 15.2 Å². The molecule has 0 spiro atoms. The van der Waals surface area contributed by atoms with Gasteiger partial charge in [0.25, 0.3) is 17.7 Å². The molecule has 0 saturated heterocycles. The predicted octanol–water partition coefficient (Wildman–Crippen LogP) is 4.27. The van der Waals surface area contributed by atoms with E-state index in [-0.39, 0.29) is 11.8 Å². The molecule has 7 nitrogen and oxygen atoms in total. The summed E-state index contributed by atoms with van der Waals surface area (Å²) in [5, 5.41) is 9.51. The first-order valence-corrected chi connectivity index (χ1v) is 10.2. The Morgan fingerprint density at radius 2 is 1.59 bits per heavy atom. The Hall–Kier alpha value is -4.26. The zero-order chi connectivity index (χ0) is 22.3. The van der Waals surface area contributed by atoms with Crippen molar-refractivity contribution in [1.29, 1.82) is 0 Å². The normalized spacial score (nSPS) is 10.5. The quantitative estimate of drug-likeness (QED) is 0.460. The van der Waals surface area contributed by atoms with Gasteiger partial charge in [-0.3, -0.25) is 9.59 Å². The molecule has 4 aromatic rings. The van der Waals surface area contributed by atoms with Crippen LogP contribution in [-0.2, 0) is 6.42 Å². The lowest BCUT2D eigenvalue weighted by Crippen LogP contribution is -2.27. The van der Waals surface area contributed by atoms with Gasteiger partial charge in [0.2, 0.25) is 0 Å². The van der Waals surface area contributed by atoms with E-state index in [9.17, 15) is 9.59 Å². The minimum atomic E-state index is -0.317. The van der Waals surface area contributed by atoms with Crippen LogP contribution in [0.2, 0.25) is 0 Å². The predicted molar refractivity (Wildman–Crippen MR) is 121 cm³/mol. The molecule has 0 atom stereocenters. The van der Waals surface area contributed by atoms with Crippen molar-refractivity contribution in [2.24, 2.45) is 0 Å². The summed E-state index contributed by atoms with van der Waals surface area (Å²) in [5.41, 5.74) is 3.18. The van der Waals surface area contributed by atoms with Crippen molar-refractivity contribution < 1.29 is 14.1 Å². The molecule has 0 saturated carbocycles. The van der Waals surface area contributed by atoms with E-state index in [1.165, 1.54) is 0 Å². The van der Waals surface area contributed by atoms with Gasteiger partial charge in [0, 0.05) is 17.7 Å². The van der Waals surface area contributed by atoms with E-state index >= 15 is 0 Å². The molecule has 160 valence electrons. The van der Waals surface area contributed by atoms with Crippen LogP contribution in [0.15, 0.2) is 83.4 Å². The number of rotatable bonds is 7. The van der Waals surface area contributed by atoms with Crippen molar-refractivity contribution in [3.63, 3.8) is 0 Å². The van der Waals surface area contributed by atoms with Crippen molar-refractivity contribution in [1.82, 2.24) is 15.5 Å². The number of hydrogen-bond donors (Lipinski definition) is 2. The molecule has 0 bridgehead atoms. The summed E-state index contributed by atoms with van der Waals surface area (Å²) in [7, 11) is 0. The van der Waals surface area contributed by atoms with Crippen LogP contribution in [-0.4, -0.2) is 28.5 Å². The molecule has 1 heterocycles. The summed E-state index contributed by atoms with van der Waals surface area (Å²) in [6, 6.07) is 23.7. The maximum Gasteiger partial charge on any atom is 0.257 e. The van der Waals surface area contributed by atoms with Crippen LogP contribution in [0.3, 0.4) is 0 Å². The second-order valence-corrected chi connectivity index (χ2v) is 7.22. The van der Waals surface area contributed by atoms with Crippen molar-refractivity contribution in [3.8, 4) is 11.5 Å². The Bertz CT molecular complexity index is 1220. The monoisotopic (exact) mass is 426 g/mol. The Morgan fingerprint density at radius 1 is 0.875 bits per heavy atom. The second kappa shape index (κ2) is 9.70. The summed E-state index contributed by atoms with van der Waals surface area (Å²) in [6.45, 7) is 2.24. The number of anilines is 1. The first-order valence-electron chi connectivity index (χ1n) is 10.2. The van der Waals surface area contributed by atoms with E-state index in [1.807, 2.05) is 30.3 Å². The zero-order valence-corrected chi connectivity index (χ0v) is 17.5. The smallest absolute Gasteiger partial charge is 0.257 e. The molecule has 0 unspecified atom stereocenters. The molecular formula is C25H22N4O3. The number of para-hydroxylation sites is 1. The molecule has 4 rings (SSSR count). The Labute approximate surface area is 185 Å². The number of benzene rings is 3. The highest BCUT2D eigenvalue weighted by Crippen LogP contribution is 2.20. The fourth-order valence-corrected chi connectivity index (χ4v) is 3.22. The highest BCUT2D eigenvalue weighted by atomic mass is 16.5. The molecule has 2 N–H and O–H groups in total. The SMILES string of the molecule is Cc1noc(-c2ccc(C(=O)Nc3ccccc3C(=O)NCCc3ccccc3)cc2)n1. The molecule has 0 fully saturated rings. The molecule has 7 heteroatoms. The molecule has 3 aromatic carbocycles.